The quantitative estimate of drug-likeness (QED) is 0.607. The molecule has 2 atom stereocenters. The summed E-state index contributed by atoms with van der Waals surface area (Å²) in [6.07, 6.45) is 10.7. The van der Waals surface area contributed by atoms with Gasteiger partial charge in [0.15, 0.2) is 0 Å². The number of ether oxygens (including phenoxy) is 1. The predicted octanol–water partition coefficient (Wildman–Crippen LogP) is 3.16. The topological polar surface area (TPSA) is 52.3 Å². The minimum absolute atomic E-state index is 0.116. The molecule has 3 nitrogen and oxygen atoms in total. The molecule has 3 heteroatoms. The van der Waals surface area contributed by atoms with Crippen LogP contribution < -0.4 is 5.73 Å². The van der Waals surface area contributed by atoms with E-state index in [1.807, 2.05) is 0 Å². The van der Waals surface area contributed by atoms with Crippen molar-refractivity contribution >= 4 is 5.97 Å². The van der Waals surface area contributed by atoms with Crippen LogP contribution in [0.2, 0.25) is 0 Å². The average Bonchev–Trinajstić information content (AvgIpc) is 2.55. The molecule has 0 aromatic carbocycles. The van der Waals surface area contributed by atoms with Crippen LogP contribution in [0.15, 0.2) is 0 Å². The van der Waals surface area contributed by atoms with Crippen molar-refractivity contribution in [3.63, 3.8) is 0 Å². The van der Waals surface area contributed by atoms with Gasteiger partial charge in [0, 0.05) is 0 Å². The van der Waals surface area contributed by atoms with E-state index in [1.54, 1.807) is 0 Å². The zero-order chi connectivity index (χ0) is 13.0. The van der Waals surface area contributed by atoms with Crippen molar-refractivity contribution in [1.29, 1.82) is 0 Å². The van der Waals surface area contributed by atoms with Crippen LogP contribution in [0.4, 0.5) is 0 Å². The second-order valence-electron chi connectivity index (χ2n) is 6.37. The Kier molecular flexibility index (Phi) is 4.66. The van der Waals surface area contributed by atoms with E-state index in [-0.39, 0.29) is 12.1 Å². The lowest BCUT2D eigenvalue weighted by Gasteiger charge is -2.31. The van der Waals surface area contributed by atoms with Gasteiger partial charge in [0.2, 0.25) is 0 Å². The van der Waals surface area contributed by atoms with E-state index in [4.69, 9.17) is 10.5 Å². The summed E-state index contributed by atoms with van der Waals surface area (Å²) >= 11 is 0. The van der Waals surface area contributed by atoms with Crippen molar-refractivity contribution in [2.75, 3.05) is 0 Å². The summed E-state index contributed by atoms with van der Waals surface area (Å²) in [5, 5.41) is 0. The van der Waals surface area contributed by atoms with Gasteiger partial charge in [0.05, 0.1) is 0 Å². The third-order valence-corrected chi connectivity index (χ3v) is 4.56. The van der Waals surface area contributed by atoms with Gasteiger partial charge in [-0.15, -0.1) is 0 Å². The molecule has 2 fully saturated rings. The van der Waals surface area contributed by atoms with Crippen LogP contribution in [0.5, 0.6) is 0 Å². The second kappa shape index (κ2) is 6.05. The van der Waals surface area contributed by atoms with Gasteiger partial charge in [-0.2, -0.15) is 0 Å². The zero-order valence-electron chi connectivity index (χ0n) is 11.6. The lowest BCUT2D eigenvalue weighted by Crippen LogP contribution is -2.50. The molecule has 0 radical (unpaired) electrons. The molecule has 2 saturated carbocycles. The van der Waals surface area contributed by atoms with E-state index >= 15 is 0 Å². The highest BCUT2D eigenvalue weighted by molar-refractivity contribution is 5.80. The van der Waals surface area contributed by atoms with E-state index in [9.17, 15) is 4.79 Å². The first-order valence-corrected chi connectivity index (χ1v) is 7.60. The van der Waals surface area contributed by atoms with Gasteiger partial charge < -0.3 is 10.5 Å². The molecule has 0 amide bonds. The summed E-state index contributed by atoms with van der Waals surface area (Å²) in [4.78, 5) is 12.3. The first-order valence-electron chi connectivity index (χ1n) is 7.60. The monoisotopic (exact) mass is 253 g/mol. The van der Waals surface area contributed by atoms with Crippen LogP contribution in [0, 0.1) is 5.92 Å². The number of nitrogens with two attached hydrogens (primary N) is 1. The number of carbonyl (C=O) groups excluding carboxylic acids is 1. The Morgan fingerprint density at radius 1 is 1.11 bits per heavy atom. The van der Waals surface area contributed by atoms with Crippen molar-refractivity contribution in [3.8, 4) is 0 Å². The Labute approximate surface area is 110 Å². The molecule has 0 aliphatic heterocycles. The molecule has 2 unspecified atom stereocenters. The molecule has 2 N–H and O–H groups in total. The SMILES string of the molecule is CC1CCCC(OC(=O)C2(N)CCCCCC2)C1. The number of carbonyl (C=O) groups is 1. The maximum Gasteiger partial charge on any atom is 0.326 e. The first-order chi connectivity index (χ1) is 8.60. The molecule has 0 aromatic rings. The highest BCUT2D eigenvalue weighted by Crippen LogP contribution is 2.30. The Morgan fingerprint density at radius 2 is 1.78 bits per heavy atom. The molecular formula is C15H27NO2. The number of hydrogen-bond acceptors (Lipinski definition) is 3. The summed E-state index contributed by atoms with van der Waals surface area (Å²) < 4.78 is 5.70. The smallest absolute Gasteiger partial charge is 0.326 e. The van der Waals surface area contributed by atoms with Crippen LogP contribution in [-0.2, 0) is 9.53 Å². The molecule has 104 valence electrons. The zero-order valence-corrected chi connectivity index (χ0v) is 11.6. The first kappa shape index (κ1) is 13.9. The summed E-state index contributed by atoms with van der Waals surface area (Å²) in [7, 11) is 0. The van der Waals surface area contributed by atoms with E-state index in [1.165, 1.54) is 25.7 Å². The maximum atomic E-state index is 12.3. The van der Waals surface area contributed by atoms with Crippen molar-refractivity contribution < 1.29 is 9.53 Å². The standard InChI is InChI=1S/C15H27NO2/c1-12-7-6-8-13(11-12)18-14(17)15(16)9-4-2-3-5-10-15/h12-13H,2-11,16H2,1H3. The third-order valence-electron chi connectivity index (χ3n) is 4.56. The fraction of sp³-hybridized carbons (Fsp3) is 0.933. The largest absolute Gasteiger partial charge is 0.461 e. The van der Waals surface area contributed by atoms with Crippen molar-refractivity contribution in [2.45, 2.75) is 82.8 Å². The predicted molar refractivity (Wildman–Crippen MR) is 72.1 cm³/mol. The minimum atomic E-state index is -0.697. The molecule has 2 aliphatic rings. The van der Waals surface area contributed by atoms with Crippen molar-refractivity contribution in [1.82, 2.24) is 0 Å². The highest BCUT2D eigenvalue weighted by atomic mass is 16.5. The van der Waals surface area contributed by atoms with Gasteiger partial charge in [-0.3, -0.25) is 4.79 Å². The van der Waals surface area contributed by atoms with Gasteiger partial charge in [0.25, 0.3) is 0 Å². The number of rotatable bonds is 2. The van der Waals surface area contributed by atoms with E-state index < -0.39 is 5.54 Å². The summed E-state index contributed by atoms with van der Waals surface area (Å²) in [6, 6.07) is 0. The fourth-order valence-electron chi connectivity index (χ4n) is 3.32. The Balaban J connectivity index is 1.89. The van der Waals surface area contributed by atoms with Gasteiger partial charge >= 0.3 is 5.97 Å². The molecule has 18 heavy (non-hydrogen) atoms. The number of hydrogen-bond donors (Lipinski definition) is 1. The van der Waals surface area contributed by atoms with E-state index in [0.29, 0.717) is 5.92 Å². The van der Waals surface area contributed by atoms with Crippen LogP contribution in [0.1, 0.15) is 71.1 Å². The molecule has 2 rings (SSSR count). The molecule has 0 saturated heterocycles. The molecule has 0 spiro atoms. The van der Waals surface area contributed by atoms with E-state index in [2.05, 4.69) is 6.92 Å². The molecule has 0 heterocycles. The lowest BCUT2D eigenvalue weighted by molar-refractivity contribution is -0.158. The minimum Gasteiger partial charge on any atom is -0.461 e. The molecule has 0 aromatic heterocycles. The van der Waals surface area contributed by atoms with Gasteiger partial charge in [0.1, 0.15) is 11.6 Å². The summed E-state index contributed by atoms with van der Waals surface area (Å²) in [5.74, 6) is 0.544. The Hall–Kier alpha value is -0.570. The fourth-order valence-corrected chi connectivity index (χ4v) is 3.32. The molecule has 2 aliphatic carbocycles. The van der Waals surface area contributed by atoms with E-state index in [0.717, 1.165) is 38.5 Å². The van der Waals surface area contributed by atoms with Gasteiger partial charge in [-0.05, 0) is 38.0 Å². The Bertz CT molecular complexity index is 282. The highest BCUT2D eigenvalue weighted by Gasteiger charge is 2.37. The van der Waals surface area contributed by atoms with Crippen molar-refractivity contribution in [3.05, 3.63) is 0 Å². The normalized spacial score (nSPS) is 32.6. The maximum absolute atomic E-state index is 12.3. The Morgan fingerprint density at radius 3 is 2.39 bits per heavy atom. The van der Waals surface area contributed by atoms with Crippen LogP contribution in [0.25, 0.3) is 0 Å². The summed E-state index contributed by atoms with van der Waals surface area (Å²) in [6.45, 7) is 2.24. The van der Waals surface area contributed by atoms with Crippen molar-refractivity contribution in [2.24, 2.45) is 11.7 Å². The third kappa shape index (κ3) is 3.47. The van der Waals surface area contributed by atoms with Gasteiger partial charge in [-0.1, -0.05) is 39.0 Å². The molecular weight excluding hydrogens is 226 g/mol. The van der Waals surface area contributed by atoms with Gasteiger partial charge in [-0.25, -0.2) is 0 Å². The van der Waals surface area contributed by atoms with Crippen LogP contribution in [-0.4, -0.2) is 17.6 Å². The summed E-state index contributed by atoms with van der Waals surface area (Å²) in [5.41, 5.74) is 5.58. The number of esters is 1. The lowest BCUT2D eigenvalue weighted by atomic mass is 9.88. The van der Waals surface area contributed by atoms with Crippen LogP contribution >= 0.6 is 0 Å². The second-order valence-corrected chi connectivity index (χ2v) is 6.37. The molecule has 0 bridgehead atoms. The average molecular weight is 253 g/mol. The van der Waals surface area contributed by atoms with Crippen LogP contribution in [0.3, 0.4) is 0 Å².